The van der Waals surface area contributed by atoms with Gasteiger partial charge in [0, 0.05) is 43.3 Å². The molecule has 2 N–H and O–H groups in total. The largest absolute Gasteiger partial charge is 0.378 e. The van der Waals surface area contributed by atoms with E-state index in [1.54, 1.807) is 6.20 Å². The van der Waals surface area contributed by atoms with Gasteiger partial charge in [-0.1, -0.05) is 42.5 Å². The van der Waals surface area contributed by atoms with Crippen LogP contribution in [0.4, 0.5) is 16.2 Å². The van der Waals surface area contributed by atoms with Gasteiger partial charge >= 0.3 is 6.03 Å². The number of morpholine rings is 1. The molecular weight excluding hydrogens is 404 g/mol. The molecule has 3 heterocycles. The SMILES string of the molecule is O=C(NCc1ccccc1)Nc1ccc(-c2cc(N3CCOCC3)c3nccn3n2)cc1. The summed E-state index contributed by atoms with van der Waals surface area (Å²) < 4.78 is 7.30. The number of hydrogen-bond acceptors (Lipinski definition) is 5. The van der Waals surface area contributed by atoms with Crippen molar-refractivity contribution in [2.24, 2.45) is 0 Å². The fourth-order valence-electron chi connectivity index (χ4n) is 3.76. The van der Waals surface area contributed by atoms with Crippen LogP contribution in [-0.4, -0.2) is 46.9 Å². The van der Waals surface area contributed by atoms with Crippen LogP contribution in [0.3, 0.4) is 0 Å². The lowest BCUT2D eigenvalue weighted by molar-refractivity contribution is 0.123. The van der Waals surface area contributed by atoms with Crippen LogP contribution in [0.25, 0.3) is 16.9 Å². The standard InChI is InChI=1S/C24H24N6O2/c31-24(26-17-18-4-2-1-3-5-18)27-20-8-6-19(7-9-20)21-16-22(29-12-14-32-15-13-29)23-25-10-11-30(23)28-21/h1-11,16H,12-15,17H2,(H2,26,27,31). The first-order chi connectivity index (χ1) is 15.8. The molecule has 0 radical (unpaired) electrons. The maximum Gasteiger partial charge on any atom is 0.319 e. The summed E-state index contributed by atoms with van der Waals surface area (Å²) in [6.07, 6.45) is 3.62. The Kier molecular flexibility index (Phi) is 5.67. The monoisotopic (exact) mass is 428 g/mol. The van der Waals surface area contributed by atoms with Gasteiger partial charge in [-0.05, 0) is 23.8 Å². The van der Waals surface area contributed by atoms with Crippen LogP contribution in [0, 0.1) is 0 Å². The highest BCUT2D eigenvalue weighted by Gasteiger charge is 2.17. The molecule has 0 saturated carbocycles. The van der Waals surface area contributed by atoms with E-state index >= 15 is 0 Å². The van der Waals surface area contributed by atoms with Crippen LogP contribution in [0.1, 0.15) is 5.56 Å². The third-order valence-corrected chi connectivity index (χ3v) is 5.43. The molecule has 8 heteroatoms. The second-order valence-corrected chi connectivity index (χ2v) is 7.58. The summed E-state index contributed by atoms with van der Waals surface area (Å²) in [6.45, 7) is 3.54. The lowest BCUT2D eigenvalue weighted by Crippen LogP contribution is -2.36. The van der Waals surface area contributed by atoms with Crippen molar-refractivity contribution in [3.63, 3.8) is 0 Å². The number of benzene rings is 2. The van der Waals surface area contributed by atoms with Crippen molar-refractivity contribution < 1.29 is 9.53 Å². The average molecular weight is 428 g/mol. The molecule has 0 atom stereocenters. The Hall–Kier alpha value is -3.91. The van der Waals surface area contributed by atoms with Crippen molar-refractivity contribution in [1.29, 1.82) is 0 Å². The minimum absolute atomic E-state index is 0.242. The number of rotatable bonds is 5. The lowest BCUT2D eigenvalue weighted by atomic mass is 10.1. The molecule has 1 aliphatic rings. The van der Waals surface area contributed by atoms with E-state index in [0.717, 1.165) is 46.9 Å². The van der Waals surface area contributed by atoms with E-state index in [0.29, 0.717) is 19.8 Å². The molecule has 1 aliphatic heterocycles. The Balaban J connectivity index is 1.31. The molecule has 0 unspecified atom stereocenters. The van der Waals surface area contributed by atoms with Crippen molar-refractivity contribution in [2.45, 2.75) is 6.54 Å². The zero-order valence-electron chi connectivity index (χ0n) is 17.6. The van der Waals surface area contributed by atoms with Crippen molar-refractivity contribution in [3.05, 3.63) is 78.6 Å². The van der Waals surface area contributed by atoms with Gasteiger partial charge in [-0.15, -0.1) is 0 Å². The molecule has 162 valence electrons. The molecule has 32 heavy (non-hydrogen) atoms. The normalized spacial score (nSPS) is 13.8. The number of aromatic nitrogens is 3. The summed E-state index contributed by atoms with van der Waals surface area (Å²) in [6, 6.07) is 19.3. The lowest BCUT2D eigenvalue weighted by Gasteiger charge is -2.29. The van der Waals surface area contributed by atoms with E-state index in [-0.39, 0.29) is 6.03 Å². The predicted molar refractivity (Wildman–Crippen MR) is 124 cm³/mol. The van der Waals surface area contributed by atoms with Crippen LogP contribution < -0.4 is 15.5 Å². The quantitative estimate of drug-likeness (QED) is 0.508. The highest BCUT2D eigenvalue weighted by Crippen LogP contribution is 2.27. The smallest absolute Gasteiger partial charge is 0.319 e. The van der Waals surface area contributed by atoms with Crippen LogP contribution in [0.15, 0.2) is 73.1 Å². The van der Waals surface area contributed by atoms with E-state index < -0.39 is 0 Å². The number of imidazole rings is 1. The Morgan fingerprint density at radius 2 is 1.81 bits per heavy atom. The van der Waals surface area contributed by atoms with Gasteiger partial charge in [0.2, 0.25) is 0 Å². The number of nitrogens with one attached hydrogen (secondary N) is 2. The summed E-state index contributed by atoms with van der Waals surface area (Å²) in [7, 11) is 0. The van der Waals surface area contributed by atoms with Gasteiger partial charge in [0.1, 0.15) is 0 Å². The van der Waals surface area contributed by atoms with E-state index in [1.165, 1.54) is 0 Å². The number of hydrogen-bond donors (Lipinski definition) is 2. The van der Waals surface area contributed by atoms with Crippen LogP contribution in [-0.2, 0) is 11.3 Å². The zero-order valence-corrected chi connectivity index (χ0v) is 17.6. The first-order valence-electron chi connectivity index (χ1n) is 10.6. The van der Waals surface area contributed by atoms with E-state index in [4.69, 9.17) is 9.84 Å². The number of carbonyl (C=O) groups excluding carboxylic acids is 1. The van der Waals surface area contributed by atoms with E-state index in [1.807, 2.05) is 65.3 Å². The Labute approximate surface area is 185 Å². The van der Waals surface area contributed by atoms with Gasteiger partial charge in [0.15, 0.2) is 5.65 Å². The third kappa shape index (κ3) is 4.40. The topological polar surface area (TPSA) is 83.8 Å². The minimum atomic E-state index is -0.242. The number of fused-ring (bicyclic) bond motifs is 1. The zero-order chi connectivity index (χ0) is 21.8. The fraction of sp³-hybridized carbons (Fsp3) is 0.208. The number of carbonyl (C=O) groups is 1. The number of urea groups is 1. The van der Waals surface area contributed by atoms with Gasteiger partial charge < -0.3 is 20.3 Å². The van der Waals surface area contributed by atoms with Gasteiger partial charge in [-0.3, -0.25) is 0 Å². The maximum absolute atomic E-state index is 12.2. The Morgan fingerprint density at radius 3 is 2.59 bits per heavy atom. The number of anilines is 2. The van der Waals surface area contributed by atoms with Crippen molar-refractivity contribution in [3.8, 4) is 11.3 Å². The fourth-order valence-corrected chi connectivity index (χ4v) is 3.76. The summed E-state index contributed by atoms with van der Waals surface area (Å²) in [4.78, 5) is 19.0. The molecule has 1 fully saturated rings. The summed E-state index contributed by atoms with van der Waals surface area (Å²) >= 11 is 0. The van der Waals surface area contributed by atoms with Gasteiger partial charge in [-0.25, -0.2) is 14.3 Å². The third-order valence-electron chi connectivity index (χ3n) is 5.43. The van der Waals surface area contributed by atoms with Crippen LogP contribution >= 0.6 is 0 Å². The molecule has 1 saturated heterocycles. The first kappa shape index (κ1) is 20.0. The summed E-state index contributed by atoms with van der Waals surface area (Å²) in [5.74, 6) is 0. The molecule has 0 spiro atoms. The van der Waals surface area contributed by atoms with Crippen LogP contribution in [0.5, 0.6) is 0 Å². The Bertz CT molecular complexity index is 1200. The first-order valence-corrected chi connectivity index (χ1v) is 10.6. The molecule has 5 rings (SSSR count). The minimum Gasteiger partial charge on any atom is -0.378 e. The Morgan fingerprint density at radius 1 is 1.03 bits per heavy atom. The molecule has 4 aromatic rings. The summed E-state index contributed by atoms with van der Waals surface area (Å²) in [5, 5.41) is 10.4. The number of ether oxygens (including phenoxy) is 1. The van der Waals surface area contributed by atoms with Gasteiger partial charge in [0.25, 0.3) is 0 Å². The van der Waals surface area contributed by atoms with E-state index in [9.17, 15) is 4.79 Å². The predicted octanol–water partition coefficient (Wildman–Crippen LogP) is 3.55. The maximum atomic E-state index is 12.2. The van der Waals surface area contributed by atoms with Crippen LogP contribution in [0.2, 0.25) is 0 Å². The van der Waals surface area contributed by atoms with Gasteiger partial charge in [0.05, 0.1) is 24.6 Å². The van der Waals surface area contributed by atoms with Gasteiger partial charge in [-0.2, -0.15) is 5.10 Å². The van der Waals surface area contributed by atoms with E-state index in [2.05, 4.69) is 26.6 Å². The molecule has 8 nitrogen and oxygen atoms in total. The summed E-state index contributed by atoms with van der Waals surface area (Å²) in [5.41, 5.74) is 5.46. The molecule has 2 aromatic carbocycles. The molecule has 0 aliphatic carbocycles. The average Bonchev–Trinajstić information content (AvgIpc) is 3.33. The molecule has 2 aromatic heterocycles. The van der Waals surface area contributed by atoms with Crippen molar-refractivity contribution in [2.75, 3.05) is 36.5 Å². The molecular formula is C24H24N6O2. The second-order valence-electron chi connectivity index (χ2n) is 7.58. The molecule has 0 bridgehead atoms. The number of amides is 2. The van der Waals surface area contributed by atoms with Crippen molar-refractivity contribution in [1.82, 2.24) is 19.9 Å². The number of nitrogens with zero attached hydrogens (tertiary/aromatic N) is 4. The highest BCUT2D eigenvalue weighted by molar-refractivity contribution is 5.89. The highest BCUT2D eigenvalue weighted by atomic mass is 16.5. The second kappa shape index (κ2) is 9.07. The van der Waals surface area contributed by atoms with Crippen molar-refractivity contribution >= 4 is 23.1 Å². The molecule has 2 amide bonds.